The van der Waals surface area contributed by atoms with Crippen LogP contribution in [0.2, 0.25) is 0 Å². The fourth-order valence-electron chi connectivity index (χ4n) is 2.65. The van der Waals surface area contributed by atoms with Crippen LogP contribution < -0.4 is 15.4 Å². The first-order chi connectivity index (χ1) is 14.2. The maximum Gasteiger partial charge on any atom is 0.149 e. The van der Waals surface area contributed by atoms with Crippen molar-refractivity contribution in [1.29, 1.82) is 0 Å². The summed E-state index contributed by atoms with van der Waals surface area (Å²) in [5.41, 5.74) is 1.36. The molecule has 1 aromatic heterocycles. The van der Waals surface area contributed by atoms with Crippen LogP contribution in [-0.4, -0.2) is 9.91 Å². The number of benzene rings is 2. The van der Waals surface area contributed by atoms with Crippen LogP contribution in [0.4, 0.5) is 24.7 Å². The topological polar surface area (TPSA) is 49.0 Å². The number of nitrogens with zero attached hydrogens (tertiary/aromatic N) is 1. The van der Waals surface area contributed by atoms with Crippen molar-refractivity contribution in [2.24, 2.45) is 0 Å². The highest BCUT2D eigenvalue weighted by Gasteiger charge is 2.15. The molecule has 3 rings (SSSR count). The third-order valence-electron chi connectivity index (χ3n) is 4.19. The van der Waals surface area contributed by atoms with Gasteiger partial charge in [0.15, 0.2) is 0 Å². The van der Waals surface area contributed by atoms with Gasteiger partial charge in [0.2, 0.25) is 0 Å². The van der Waals surface area contributed by atoms with Crippen LogP contribution in [0, 0.1) is 17.5 Å². The molecule has 0 bridgehead atoms. The number of hydrogen-bond acceptors (Lipinski definition) is 6. The van der Waals surface area contributed by atoms with Crippen molar-refractivity contribution in [3.8, 4) is 0 Å². The summed E-state index contributed by atoms with van der Waals surface area (Å²) in [4.78, 5) is -0.158. The van der Waals surface area contributed by atoms with Gasteiger partial charge in [-0.25, -0.2) is 13.2 Å². The van der Waals surface area contributed by atoms with Crippen molar-refractivity contribution in [2.75, 3.05) is 10.0 Å². The largest absolute Gasteiger partial charge is 0.381 e. The molecule has 0 atom stereocenters. The summed E-state index contributed by atoms with van der Waals surface area (Å²) in [6.45, 7) is 6.67. The second-order valence-electron chi connectivity index (χ2n) is 7.69. The van der Waals surface area contributed by atoms with Crippen LogP contribution in [0.3, 0.4) is 0 Å². The number of halogens is 3. The maximum absolute atomic E-state index is 14.4. The zero-order valence-corrected chi connectivity index (χ0v) is 18.5. The van der Waals surface area contributed by atoms with Crippen molar-refractivity contribution >= 4 is 35.0 Å². The molecule has 0 radical (unpaired) electrons. The molecule has 3 aromatic rings. The number of anilines is 2. The van der Waals surface area contributed by atoms with Gasteiger partial charge in [0.05, 0.1) is 0 Å². The van der Waals surface area contributed by atoms with Gasteiger partial charge in [0.25, 0.3) is 0 Å². The van der Waals surface area contributed by atoms with Gasteiger partial charge in [-0.3, -0.25) is 0 Å². The van der Waals surface area contributed by atoms with E-state index in [4.69, 9.17) is 0 Å². The van der Waals surface area contributed by atoms with E-state index in [1.165, 1.54) is 29.7 Å². The van der Waals surface area contributed by atoms with Gasteiger partial charge >= 0.3 is 0 Å². The number of nitrogens with one attached hydrogen (secondary N) is 3. The summed E-state index contributed by atoms with van der Waals surface area (Å²) in [5.74, 6) is -1.26. The summed E-state index contributed by atoms with van der Waals surface area (Å²) in [5, 5.41) is 8.02. The second kappa shape index (κ2) is 9.72. The van der Waals surface area contributed by atoms with E-state index in [1.807, 2.05) is 26.8 Å². The van der Waals surface area contributed by atoms with Crippen molar-refractivity contribution in [1.82, 2.24) is 9.69 Å². The standard InChI is InChI=1S/C21H23F3N4S2/c1-21(2,3)26-11-13-5-4-6-16(22)15(13)12-25-14-9-17(23)20(18(24)10-14)30-28-19-7-8-29-27-19/h4-10,25-26H,11-12H2,1-3H3,(H,27,28). The number of aromatic nitrogens is 1. The Labute approximate surface area is 182 Å². The van der Waals surface area contributed by atoms with E-state index < -0.39 is 11.6 Å². The van der Waals surface area contributed by atoms with Crippen molar-refractivity contribution in [2.45, 2.75) is 44.3 Å². The normalized spacial score (nSPS) is 11.5. The Kier molecular flexibility index (Phi) is 7.27. The van der Waals surface area contributed by atoms with Crippen LogP contribution in [-0.2, 0) is 13.1 Å². The zero-order chi connectivity index (χ0) is 21.7. The minimum absolute atomic E-state index is 0.107. The van der Waals surface area contributed by atoms with Crippen molar-refractivity contribution < 1.29 is 13.2 Å². The minimum atomic E-state index is -0.714. The average molecular weight is 453 g/mol. The molecule has 2 aromatic carbocycles. The summed E-state index contributed by atoms with van der Waals surface area (Å²) in [6, 6.07) is 8.97. The Bertz CT molecular complexity index is 965. The maximum atomic E-state index is 14.4. The molecule has 0 aliphatic carbocycles. The fraction of sp³-hybridized carbons (Fsp3) is 0.286. The quantitative estimate of drug-likeness (QED) is 0.356. The summed E-state index contributed by atoms with van der Waals surface area (Å²) in [6.07, 6.45) is 0. The van der Waals surface area contributed by atoms with Crippen LogP contribution in [0.5, 0.6) is 0 Å². The lowest BCUT2D eigenvalue weighted by Crippen LogP contribution is -2.35. The van der Waals surface area contributed by atoms with E-state index in [0.29, 0.717) is 17.9 Å². The summed E-state index contributed by atoms with van der Waals surface area (Å²) in [7, 11) is 0. The van der Waals surface area contributed by atoms with E-state index in [9.17, 15) is 13.2 Å². The third kappa shape index (κ3) is 6.13. The highest BCUT2D eigenvalue weighted by Crippen LogP contribution is 2.29. The molecule has 160 valence electrons. The average Bonchev–Trinajstić information content (AvgIpc) is 3.18. The van der Waals surface area contributed by atoms with E-state index in [1.54, 1.807) is 17.5 Å². The van der Waals surface area contributed by atoms with Crippen LogP contribution in [0.1, 0.15) is 31.9 Å². The van der Waals surface area contributed by atoms with E-state index in [-0.39, 0.29) is 28.5 Å². The molecule has 0 aliphatic heterocycles. The number of hydrogen-bond donors (Lipinski definition) is 3. The molecular weight excluding hydrogens is 429 g/mol. The molecule has 3 N–H and O–H groups in total. The molecule has 0 amide bonds. The van der Waals surface area contributed by atoms with Crippen LogP contribution in [0.25, 0.3) is 0 Å². The van der Waals surface area contributed by atoms with Crippen molar-refractivity contribution in [3.05, 3.63) is 70.4 Å². The fourth-order valence-corrected chi connectivity index (χ4v) is 3.81. The Morgan fingerprint density at radius 2 is 1.73 bits per heavy atom. The van der Waals surface area contributed by atoms with Crippen molar-refractivity contribution in [3.63, 3.8) is 0 Å². The molecule has 0 fully saturated rings. The van der Waals surface area contributed by atoms with E-state index in [0.717, 1.165) is 17.5 Å². The Hall–Kier alpha value is -2.23. The van der Waals surface area contributed by atoms with Gasteiger partial charge in [-0.1, -0.05) is 12.1 Å². The molecule has 0 saturated carbocycles. The number of rotatable bonds is 8. The second-order valence-corrected chi connectivity index (χ2v) is 9.17. The highest BCUT2D eigenvalue weighted by molar-refractivity contribution is 8.00. The van der Waals surface area contributed by atoms with Gasteiger partial charge in [0.1, 0.15) is 28.2 Å². The summed E-state index contributed by atoms with van der Waals surface area (Å²) < 4.78 is 50.1. The van der Waals surface area contributed by atoms with E-state index in [2.05, 4.69) is 19.7 Å². The minimum Gasteiger partial charge on any atom is -0.381 e. The van der Waals surface area contributed by atoms with Gasteiger partial charge in [0, 0.05) is 35.3 Å². The van der Waals surface area contributed by atoms with E-state index >= 15 is 0 Å². The Morgan fingerprint density at radius 3 is 2.37 bits per heavy atom. The predicted octanol–water partition coefficient (Wildman–Crippen LogP) is 6.18. The molecule has 0 unspecified atom stereocenters. The molecule has 4 nitrogen and oxygen atoms in total. The molecule has 9 heteroatoms. The molecule has 0 spiro atoms. The van der Waals surface area contributed by atoms with Gasteiger partial charge in [-0.05, 0) is 74.1 Å². The van der Waals surface area contributed by atoms with Gasteiger partial charge in [-0.15, -0.1) is 0 Å². The zero-order valence-electron chi connectivity index (χ0n) is 16.9. The molecule has 1 heterocycles. The van der Waals surface area contributed by atoms with Crippen LogP contribution >= 0.6 is 23.5 Å². The van der Waals surface area contributed by atoms with Crippen LogP contribution in [0.15, 0.2) is 46.7 Å². The van der Waals surface area contributed by atoms with Gasteiger partial charge < -0.3 is 15.4 Å². The first-order valence-corrected chi connectivity index (χ1v) is 11.0. The highest BCUT2D eigenvalue weighted by atomic mass is 32.2. The molecule has 30 heavy (non-hydrogen) atoms. The lowest BCUT2D eigenvalue weighted by Gasteiger charge is -2.22. The predicted molar refractivity (Wildman–Crippen MR) is 118 cm³/mol. The summed E-state index contributed by atoms with van der Waals surface area (Å²) >= 11 is 2.05. The first-order valence-electron chi connectivity index (χ1n) is 9.30. The third-order valence-corrected chi connectivity index (χ3v) is 5.65. The molecule has 0 saturated heterocycles. The smallest absolute Gasteiger partial charge is 0.149 e. The Morgan fingerprint density at radius 1 is 1.00 bits per heavy atom. The lowest BCUT2D eigenvalue weighted by molar-refractivity contribution is 0.422. The monoisotopic (exact) mass is 452 g/mol. The lowest BCUT2D eigenvalue weighted by atomic mass is 10.0. The SMILES string of the molecule is CC(C)(C)NCc1cccc(F)c1CNc1cc(F)c(SNc2ccsn2)c(F)c1. The first kappa shape index (κ1) is 22.5. The Balaban J connectivity index is 1.70. The van der Waals surface area contributed by atoms with Gasteiger partial charge in [-0.2, -0.15) is 4.37 Å². The molecular formula is C21H23F3N4S2. The molecule has 0 aliphatic rings.